The van der Waals surface area contributed by atoms with Crippen molar-refractivity contribution >= 4 is 101 Å². The number of pyridine rings is 2. The lowest BCUT2D eigenvalue weighted by atomic mass is 10.1. The highest BCUT2D eigenvalue weighted by molar-refractivity contribution is 9.10. The number of nitrogens with zero attached hydrogens (tertiary/aromatic N) is 9. The van der Waals surface area contributed by atoms with Gasteiger partial charge in [0.25, 0.3) is 11.8 Å². The van der Waals surface area contributed by atoms with Gasteiger partial charge in [-0.05, 0) is 74.9 Å². The molecule has 64 heavy (non-hydrogen) atoms. The molecule has 326 valence electrons. The van der Waals surface area contributed by atoms with Crippen LogP contribution in [0.15, 0.2) is 58.0 Å². The second-order valence-corrected chi connectivity index (χ2v) is 17.6. The maximum absolute atomic E-state index is 12.5. The number of benzene rings is 1. The largest absolute Gasteiger partial charge is 0.368 e. The number of amides is 2. The van der Waals surface area contributed by atoms with Gasteiger partial charge in [-0.15, -0.1) is 0 Å². The zero-order chi connectivity index (χ0) is 45.8. The summed E-state index contributed by atoms with van der Waals surface area (Å²) in [6.07, 6.45) is 11.6. The summed E-state index contributed by atoms with van der Waals surface area (Å²) < 4.78 is 5.98. The van der Waals surface area contributed by atoms with Crippen molar-refractivity contribution in [1.82, 2.24) is 43.9 Å². The molecule has 0 radical (unpaired) electrons. The van der Waals surface area contributed by atoms with E-state index >= 15 is 0 Å². The Morgan fingerprint density at radius 2 is 1.11 bits per heavy atom. The number of imide groups is 1. The van der Waals surface area contributed by atoms with Crippen LogP contribution in [0.25, 0.3) is 22.1 Å². The first-order valence-corrected chi connectivity index (χ1v) is 22.8. The first kappa shape index (κ1) is 46.2. The monoisotopic (exact) mass is 1020 g/mol. The number of unbranched alkanes of at least 4 members (excludes halogenated alkanes) is 3. The number of nitrogens with two attached hydrogens (primary N) is 2. The second-order valence-electron chi connectivity index (χ2n) is 15.3. The van der Waals surface area contributed by atoms with E-state index in [0.29, 0.717) is 71.0 Å². The summed E-state index contributed by atoms with van der Waals surface area (Å²) in [5, 5.41) is 1.91. The minimum atomic E-state index is -0.259. The summed E-state index contributed by atoms with van der Waals surface area (Å²) >= 11 is 20.1. The summed E-state index contributed by atoms with van der Waals surface area (Å²) in [5.74, 6) is 12.4. The van der Waals surface area contributed by atoms with E-state index in [1.165, 1.54) is 4.90 Å². The summed E-state index contributed by atoms with van der Waals surface area (Å²) in [7, 11) is 0. The van der Waals surface area contributed by atoms with E-state index in [0.717, 1.165) is 72.8 Å². The average molecular weight is 1020 g/mol. The van der Waals surface area contributed by atoms with E-state index in [1.807, 2.05) is 61.6 Å². The van der Waals surface area contributed by atoms with E-state index in [4.69, 9.17) is 34.7 Å². The molecular formula is C47H43Br2Cl2N11O2. The van der Waals surface area contributed by atoms with Gasteiger partial charge in [-0.25, -0.2) is 9.97 Å². The maximum Gasteiger partial charge on any atom is 0.261 e. The Kier molecular flexibility index (Phi) is 14.4. The highest BCUT2D eigenvalue weighted by Crippen LogP contribution is 2.31. The highest BCUT2D eigenvalue weighted by Gasteiger charge is 2.34. The summed E-state index contributed by atoms with van der Waals surface area (Å²) in [6, 6.07) is 6.87. The number of aryl methyl sites for hydroxylation is 2. The number of aromatic nitrogens is 8. The quantitative estimate of drug-likeness (QED) is 0.0613. The molecule has 17 heteroatoms. The number of halogens is 4. The Morgan fingerprint density at radius 3 is 1.55 bits per heavy atom. The fourth-order valence-corrected chi connectivity index (χ4v) is 8.45. The SMILES string of the molecule is CCCCC#Cc1cn(Cc2ncc(C)c(Br)c2C)c2nc(N)nc(Cl)c12.Cc1cnc(Cn2cc(C#CCCCN3C(=O)c4ccccc4C3=O)c3c(Cl)nc(N)nc32)c(C)c1Br. The van der Waals surface area contributed by atoms with E-state index in [2.05, 4.69) is 92.4 Å². The molecule has 0 fully saturated rings. The number of carbonyl (C=O) groups is 2. The van der Waals surface area contributed by atoms with Crippen LogP contribution in [0.4, 0.5) is 11.9 Å². The molecule has 0 aliphatic carbocycles. The molecule has 0 saturated heterocycles. The Balaban J connectivity index is 0.000000201. The fraction of sp³-hybridized carbons (Fsp3) is 0.277. The molecule has 1 aliphatic rings. The summed E-state index contributed by atoms with van der Waals surface area (Å²) in [4.78, 5) is 52.6. The maximum atomic E-state index is 12.5. The smallest absolute Gasteiger partial charge is 0.261 e. The lowest BCUT2D eigenvalue weighted by Crippen LogP contribution is -2.30. The van der Waals surface area contributed by atoms with Gasteiger partial charge in [-0.2, -0.15) is 9.97 Å². The number of nitrogen functional groups attached to an aromatic ring is 2. The molecule has 1 aliphatic heterocycles. The number of rotatable bonds is 9. The molecule has 13 nitrogen and oxygen atoms in total. The standard InChI is InChI=1S/C27H22BrClN6O2.C20H21BrClN5/c1-15-12-31-20(16(2)22(15)28)14-34-13-17(21-23(29)32-27(30)33-24(21)34)8-4-3-7-11-35-25(36)18-9-5-6-10-19(18)26(35)37;1-4-5-6-7-8-14-10-27(19-16(14)18(22)25-20(23)26-19)11-15-13(3)17(21)12(2)9-24-15/h5-6,9-10,12-13H,3,7,11,14H2,1-2H3,(H2,30,32,33);9-10H,4-6,11H2,1-3H3,(H2,23,25,26). The molecule has 7 aromatic rings. The van der Waals surface area contributed by atoms with Gasteiger partial charge in [-0.1, -0.05) is 104 Å². The molecule has 4 N–H and O–H groups in total. The van der Waals surface area contributed by atoms with Gasteiger partial charge in [0.05, 0.1) is 57.5 Å². The minimum absolute atomic E-state index is 0.0760. The van der Waals surface area contributed by atoms with Gasteiger partial charge in [0.1, 0.15) is 21.6 Å². The Bertz CT molecular complexity index is 3090. The molecule has 6 aromatic heterocycles. The first-order valence-electron chi connectivity index (χ1n) is 20.5. The lowest BCUT2D eigenvalue weighted by molar-refractivity contribution is 0.0653. The van der Waals surface area contributed by atoms with E-state index in [-0.39, 0.29) is 28.9 Å². The average Bonchev–Trinajstić information content (AvgIpc) is 3.88. The summed E-state index contributed by atoms with van der Waals surface area (Å²) in [5.41, 5.74) is 21.5. The van der Waals surface area contributed by atoms with Gasteiger partial charge >= 0.3 is 0 Å². The highest BCUT2D eigenvalue weighted by atomic mass is 79.9. The molecule has 8 rings (SSSR count). The van der Waals surface area contributed by atoms with Crippen molar-refractivity contribution in [3.05, 3.63) is 124 Å². The normalized spacial score (nSPS) is 11.9. The number of carbonyl (C=O) groups excluding carboxylic acids is 2. The molecule has 2 amide bonds. The van der Waals surface area contributed by atoms with Crippen LogP contribution in [0.5, 0.6) is 0 Å². The third kappa shape index (κ3) is 9.64. The first-order chi connectivity index (χ1) is 30.7. The van der Waals surface area contributed by atoms with Gasteiger partial charge in [0, 0.05) is 53.1 Å². The molecule has 0 unspecified atom stereocenters. The van der Waals surface area contributed by atoms with Crippen molar-refractivity contribution in [3.63, 3.8) is 0 Å². The third-order valence-electron chi connectivity index (χ3n) is 10.7. The van der Waals surface area contributed by atoms with Crippen molar-refractivity contribution in [2.75, 3.05) is 18.0 Å². The van der Waals surface area contributed by atoms with Crippen LogP contribution in [0, 0.1) is 51.4 Å². The van der Waals surface area contributed by atoms with Crippen LogP contribution in [0.1, 0.15) is 105 Å². The molecule has 1 aromatic carbocycles. The second kappa shape index (κ2) is 19.9. The van der Waals surface area contributed by atoms with E-state index < -0.39 is 0 Å². The third-order valence-corrected chi connectivity index (χ3v) is 13.7. The Morgan fingerprint density at radius 1 is 0.672 bits per heavy atom. The number of hydrogen-bond donors (Lipinski definition) is 2. The van der Waals surface area contributed by atoms with Gasteiger partial charge < -0.3 is 20.6 Å². The van der Waals surface area contributed by atoms with Gasteiger partial charge in [-0.3, -0.25) is 24.5 Å². The van der Waals surface area contributed by atoms with Crippen LogP contribution in [0.2, 0.25) is 10.3 Å². The zero-order valence-corrected chi connectivity index (χ0v) is 40.5. The van der Waals surface area contributed by atoms with Crippen LogP contribution >= 0.6 is 55.1 Å². The molecule has 7 heterocycles. The van der Waals surface area contributed by atoms with Crippen molar-refractivity contribution in [3.8, 4) is 23.7 Å². The van der Waals surface area contributed by atoms with E-state index in [1.54, 1.807) is 24.3 Å². The molecule has 0 atom stereocenters. The zero-order valence-electron chi connectivity index (χ0n) is 35.8. The Hall–Kier alpha value is -5.84. The molecule has 0 bridgehead atoms. The number of fused-ring (bicyclic) bond motifs is 3. The fourth-order valence-electron chi connectivity index (χ4n) is 7.24. The van der Waals surface area contributed by atoms with Crippen LogP contribution < -0.4 is 11.5 Å². The van der Waals surface area contributed by atoms with Crippen LogP contribution in [-0.2, 0) is 13.1 Å². The summed E-state index contributed by atoms with van der Waals surface area (Å²) in [6.45, 7) is 11.5. The van der Waals surface area contributed by atoms with Crippen molar-refractivity contribution in [2.24, 2.45) is 0 Å². The van der Waals surface area contributed by atoms with Crippen LogP contribution in [-0.4, -0.2) is 62.3 Å². The predicted octanol–water partition coefficient (Wildman–Crippen LogP) is 9.95. The van der Waals surface area contributed by atoms with Crippen LogP contribution in [0.3, 0.4) is 0 Å². The van der Waals surface area contributed by atoms with Crippen molar-refractivity contribution in [2.45, 2.75) is 79.8 Å². The molecule has 0 spiro atoms. The number of anilines is 2. The van der Waals surface area contributed by atoms with Gasteiger partial charge in [0.15, 0.2) is 0 Å². The molecular weight excluding hydrogens is 981 g/mol. The molecule has 0 saturated carbocycles. The number of hydrogen-bond acceptors (Lipinski definition) is 10. The van der Waals surface area contributed by atoms with Crippen molar-refractivity contribution < 1.29 is 9.59 Å². The topological polar surface area (TPSA) is 177 Å². The Labute approximate surface area is 397 Å². The lowest BCUT2D eigenvalue weighted by Gasteiger charge is -2.12. The predicted molar refractivity (Wildman–Crippen MR) is 259 cm³/mol. The van der Waals surface area contributed by atoms with Crippen molar-refractivity contribution in [1.29, 1.82) is 0 Å². The van der Waals surface area contributed by atoms with E-state index in [9.17, 15) is 9.59 Å². The minimum Gasteiger partial charge on any atom is -0.368 e. The van der Waals surface area contributed by atoms with Gasteiger partial charge in [0.2, 0.25) is 11.9 Å².